The molecule has 9 heteroatoms. The van der Waals surface area contributed by atoms with Gasteiger partial charge in [0.25, 0.3) is 5.91 Å². The molecule has 1 saturated heterocycles. The van der Waals surface area contributed by atoms with Crippen LogP contribution < -0.4 is 10.2 Å². The molecule has 0 atom stereocenters. The topological polar surface area (TPSA) is 108 Å². The monoisotopic (exact) mass is 434 g/mol. The fourth-order valence-corrected chi connectivity index (χ4v) is 3.40. The summed E-state index contributed by atoms with van der Waals surface area (Å²) in [4.78, 5) is 25.1. The maximum atomic E-state index is 12.4. The normalized spacial score (nSPS) is 14.2. The lowest BCUT2D eigenvalue weighted by molar-refractivity contribution is 0.0799. The van der Waals surface area contributed by atoms with Gasteiger partial charge in [-0.2, -0.15) is 4.98 Å². The van der Waals surface area contributed by atoms with Crippen LogP contribution in [0, 0.1) is 12.3 Å². The number of carbonyl (C=O) groups excluding carboxylic acids is 1. The molecule has 0 spiro atoms. The Morgan fingerprint density at radius 1 is 1.22 bits per heavy atom. The van der Waals surface area contributed by atoms with Crippen molar-refractivity contribution < 1.29 is 13.9 Å². The maximum absolute atomic E-state index is 12.4. The summed E-state index contributed by atoms with van der Waals surface area (Å²) in [5.74, 6) is 0.942. The van der Waals surface area contributed by atoms with E-state index in [1.54, 1.807) is 32.4 Å². The molecule has 0 bridgehead atoms. The third-order valence-electron chi connectivity index (χ3n) is 5.07. The number of benzene rings is 1. The van der Waals surface area contributed by atoms with E-state index in [-0.39, 0.29) is 11.7 Å². The predicted molar refractivity (Wildman–Crippen MR) is 124 cm³/mol. The molecule has 0 aliphatic carbocycles. The molecule has 4 rings (SSSR count). The van der Waals surface area contributed by atoms with Gasteiger partial charge in [-0.25, -0.2) is 4.98 Å². The second-order valence-electron chi connectivity index (χ2n) is 7.76. The predicted octanol–water partition coefficient (Wildman–Crippen LogP) is 3.06. The quantitative estimate of drug-likeness (QED) is 0.574. The van der Waals surface area contributed by atoms with Crippen LogP contribution in [0.4, 0.5) is 11.8 Å². The van der Waals surface area contributed by atoms with Gasteiger partial charge in [0, 0.05) is 39.5 Å². The van der Waals surface area contributed by atoms with Crippen LogP contribution in [0.2, 0.25) is 0 Å². The van der Waals surface area contributed by atoms with Gasteiger partial charge in [-0.3, -0.25) is 4.79 Å². The van der Waals surface area contributed by atoms with Gasteiger partial charge in [0.05, 0.1) is 18.9 Å². The van der Waals surface area contributed by atoms with Gasteiger partial charge in [0.2, 0.25) is 5.95 Å². The zero-order valence-corrected chi connectivity index (χ0v) is 18.4. The summed E-state index contributed by atoms with van der Waals surface area (Å²) >= 11 is 0. The van der Waals surface area contributed by atoms with Gasteiger partial charge in [-0.1, -0.05) is 23.8 Å². The van der Waals surface area contributed by atoms with E-state index in [2.05, 4.69) is 20.2 Å². The van der Waals surface area contributed by atoms with Crippen molar-refractivity contribution in [3.05, 3.63) is 59.5 Å². The molecule has 2 N–H and O–H groups in total. The minimum atomic E-state index is -0.239. The van der Waals surface area contributed by atoms with E-state index < -0.39 is 0 Å². The molecule has 0 unspecified atom stereocenters. The molecule has 0 radical (unpaired) electrons. The highest BCUT2D eigenvalue weighted by atomic mass is 16.5. The van der Waals surface area contributed by atoms with Crippen LogP contribution in [0.25, 0.3) is 11.1 Å². The van der Waals surface area contributed by atoms with Crippen molar-refractivity contribution in [3.8, 4) is 0 Å². The Balaban J connectivity index is 1.63. The molecular weight excluding hydrogens is 408 g/mol. The number of rotatable bonds is 6. The Labute approximate surface area is 186 Å². The summed E-state index contributed by atoms with van der Waals surface area (Å²) in [6.07, 6.45) is 3.30. The van der Waals surface area contributed by atoms with Crippen LogP contribution in [-0.4, -0.2) is 66.9 Å². The summed E-state index contributed by atoms with van der Waals surface area (Å²) < 4.78 is 11.3. The number of allylic oxidation sites excluding steroid dienone is 1. The second kappa shape index (κ2) is 9.19. The van der Waals surface area contributed by atoms with Gasteiger partial charge in [0.15, 0.2) is 17.2 Å². The molecule has 1 aliphatic rings. The highest BCUT2D eigenvalue weighted by molar-refractivity contribution is 6.06. The Morgan fingerprint density at radius 3 is 2.72 bits per heavy atom. The lowest BCUT2D eigenvalue weighted by Gasteiger charge is -2.27. The minimum Gasteiger partial charge on any atom is -0.445 e. The molecule has 1 amide bonds. The molecule has 1 aliphatic heterocycles. The average molecular weight is 435 g/mol. The number of nitrogens with zero attached hydrogens (tertiary/aromatic N) is 4. The van der Waals surface area contributed by atoms with E-state index in [9.17, 15) is 4.79 Å². The molecule has 1 fully saturated rings. The van der Waals surface area contributed by atoms with E-state index in [1.807, 2.05) is 31.2 Å². The lowest BCUT2D eigenvalue weighted by atomic mass is 10.1. The van der Waals surface area contributed by atoms with E-state index in [0.717, 1.165) is 11.1 Å². The van der Waals surface area contributed by atoms with E-state index in [0.29, 0.717) is 54.9 Å². The van der Waals surface area contributed by atoms with Crippen LogP contribution >= 0.6 is 0 Å². The van der Waals surface area contributed by atoms with Crippen LogP contribution in [0.15, 0.2) is 47.0 Å². The Morgan fingerprint density at radius 2 is 2.00 bits per heavy atom. The number of carbonyl (C=O) groups is 1. The van der Waals surface area contributed by atoms with Gasteiger partial charge in [0.1, 0.15) is 5.52 Å². The van der Waals surface area contributed by atoms with Crippen molar-refractivity contribution in [2.24, 2.45) is 0 Å². The summed E-state index contributed by atoms with van der Waals surface area (Å²) in [6, 6.07) is 9.41. The zero-order chi connectivity index (χ0) is 22.7. The van der Waals surface area contributed by atoms with Crippen LogP contribution in [0.1, 0.15) is 21.7 Å². The number of nitrogens with one attached hydrogen (secondary N) is 2. The van der Waals surface area contributed by atoms with Gasteiger partial charge < -0.3 is 29.7 Å². The molecular formula is C23H26N6O3. The fraction of sp³-hybridized carbons (Fsp3) is 0.304. The molecule has 1 aromatic carbocycles. The highest BCUT2D eigenvalue weighted by Crippen LogP contribution is 2.29. The number of furan rings is 1. The standard InChI is InChI=1S/C23H26N6O3/c1-15-5-4-6-16(13-15)17(24)7-8-25-23-26-18-14-19(22(30)28(2)3)32-20(18)21(27-23)29-9-11-31-12-10-29/h4-8,13-14,24H,9-12H2,1-3H3,(H,25,26,27)/b8-7-,24-17?. The third kappa shape index (κ3) is 4.62. The molecule has 166 valence electrons. The number of aromatic nitrogens is 2. The van der Waals surface area contributed by atoms with E-state index in [1.165, 1.54) is 4.90 Å². The van der Waals surface area contributed by atoms with Crippen LogP contribution in [0.3, 0.4) is 0 Å². The van der Waals surface area contributed by atoms with Gasteiger partial charge in [-0.05, 0) is 24.6 Å². The Kier molecular flexibility index (Phi) is 6.18. The first kappa shape index (κ1) is 21.5. The van der Waals surface area contributed by atoms with Crippen molar-refractivity contribution in [3.63, 3.8) is 0 Å². The number of fused-ring (bicyclic) bond motifs is 1. The first-order chi connectivity index (χ1) is 15.4. The van der Waals surface area contributed by atoms with E-state index in [4.69, 9.17) is 14.6 Å². The summed E-state index contributed by atoms with van der Waals surface area (Å²) in [7, 11) is 3.34. The molecule has 32 heavy (non-hydrogen) atoms. The Bertz CT molecular complexity index is 1180. The smallest absolute Gasteiger partial charge is 0.289 e. The SMILES string of the molecule is Cc1cccc(C(=N)/C=C\Nc2nc(N3CCOCC3)c3oc(C(=O)N(C)C)cc3n2)c1. The highest BCUT2D eigenvalue weighted by Gasteiger charge is 2.23. The molecule has 9 nitrogen and oxygen atoms in total. The van der Waals surface area contributed by atoms with Crippen molar-refractivity contribution in [1.29, 1.82) is 5.41 Å². The summed E-state index contributed by atoms with van der Waals surface area (Å²) in [5, 5.41) is 11.3. The van der Waals surface area contributed by atoms with Crippen LogP contribution in [-0.2, 0) is 4.74 Å². The first-order valence-corrected chi connectivity index (χ1v) is 10.4. The van der Waals surface area contributed by atoms with Crippen molar-refractivity contribution >= 4 is 34.5 Å². The molecule has 3 heterocycles. The summed E-state index contributed by atoms with van der Waals surface area (Å²) in [6.45, 7) is 4.50. The lowest BCUT2D eigenvalue weighted by Crippen LogP contribution is -2.37. The first-order valence-electron chi connectivity index (χ1n) is 10.4. The number of aryl methyl sites for hydroxylation is 1. The Hall–Kier alpha value is -3.72. The van der Waals surface area contributed by atoms with Gasteiger partial charge in [-0.15, -0.1) is 0 Å². The van der Waals surface area contributed by atoms with E-state index >= 15 is 0 Å². The zero-order valence-electron chi connectivity index (χ0n) is 18.4. The van der Waals surface area contributed by atoms with Crippen molar-refractivity contribution in [2.45, 2.75) is 6.92 Å². The van der Waals surface area contributed by atoms with Gasteiger partial charge >= 0.3 is 0 Å². The van der Waals surface area contributed by atoms with Crippen molar-refractivity contribution in [2.75, 3.05) is 50.6 Å². The fourth-order valence-electron chi connectivity index (χ4n) is 3.40. The second-order valence-corrected chi connectivity index (χ2v) is 7.76. The van der Waals surface area contributed by atoms with Crippen LogP contribution in [0.5, 0.6) is 0 Å². The molecule has 2 aromatic heterocycles. The third-order valence-corrected chi connectivity index (χ3v) is 5.07. The number of hydrogen-bond acceptors (Lipinski definition) is 8. The average Bonchev–Trinajstić information content (AvgIpc) is 3.22. The molecule has 3 aromatic rings. The number of amides is 1. The van der Waals surface area contributed by atoms with Crippen molar-refractivity contribution in [1.82, 2.24) is 14.9 Å². The number of anilines is 2. The maximum Gasteiger partial charge on any atom is 0.289 e. The number of ether oxygens (including phenoxy) is 1. The summed E-state index contributed by atoms with van der Waals surface area (Å²) in [5.41, 5.74) is 3.31. The number of hydrogen-bond donors (Lipinski definition) is 2. The largest absolute Gasteiger partial charge is 0.445 e. The minimum absolute atomic E-state index is 0.211. The molecule has 0 saturated carbocycles. The number of morpholine rings is 1.